The van der Waals surface area contributed by atoms with Gasteiger partial charge in [0.25, 0.3) is 5.69 Å². The van der Waals surface area contributed by atoms with Gasteiger partial charge in [0, 0.05) is 30.7 Å². The molecule has 2 aromatic heterocycles. The van der Waals surface area contributed by atoms with Gasteiger partial charge in [0.15, 0.2) is 18.9 Å². The van der Waals surface area contributed by atoms with Gasteiger partial charge in [-0.15, -0.1) is 0 Å². The first-order valence-electron chi connectivity index (χ1n) is 9.78. The van der Waals surface area contributed by atoms with E-state index < -0.39 is 0 Å². The summed E-state index contributed by atoms with van der Waals surface area (Å²) in [5, 5.41) is 1.14. The summed E-state index contributed by atoms with van der Waals surface area (Å²) in [7, 11) is 1.99. The topological polar surface area (TPSA) is 20.9 Å². The van der Waals surface area contributed by atoms with E-state index in [1.165, 1.54) is 28.1 Å². The number of nitrogens with zero attached hydrogens (tertiary/aromatic N) is 2. The lowest BCUT2D eigenvalue weighted by Gasteiger charge is -2.21. The first-order chi connectivity index (χ1) is 13.3. The summed E-state index contributed by atoms with van der Waals surface area (Å²) in [5.74, 6) is 0. The van der Waals surface area contributed by atoms with E-state index in [-0.39, 0.29) is 5.41 Å². The first kappa shape index (κ1) is 18.4. The van der Waals surface area contributed by atoms with Crippen molar-refractivity contribution in [1.29, 1.82) is 0 Å². The predicted molar refractivity (Wildman–Crippen MR) is 113 cm³/mol. The minimum Gasteiger partial charge on any atom is -0.236 e. The third kappa shape index (κ3) is 3.01. The molecule has 0 saturated carbocycles. The van der Waals surface area contributed by atoms with Crippen LogP contribution in [-0.2, 0) is 12.5 Å². The third-order valence-corrected chi connectivity index (χ3v) is 5.52. The molecule has 0 bridgehead atoms. The zero-order valence-corrected chi connectivity index (χ0v) is 17.6. The number of pyridine rings is 1. The van der Waals surface area contributed by atoms with E-state index >= 15 is 0 Å². The van der Waals surface area contributed by atoms with Crippen molar-refractivity contribution in [3.63, 3.8) is 0 Å². The Bertz CT molecular complexity index is 1180. The van der Waals surface area contributed by atoms with Crippen molar-refractivity contribution in [3.05, 3.63) is 77.6 Å². The molecule has 0 amide bonds. The van der Waals surface area contributed by atoms with E-state index in [0.29, 0.717) is 0 Å². The number of para-hydroxylation sites is 1. The highest BCUT2D eigenvalue weighted by Crippen LogP contribution is 2.35. The first-order valence-corrected chi connectivity index (χ1v) is 9.78. The van der Waals surface area contributed by atoms with Gasteiger partial charge in [0.2, 0.25) is 11.3 Å². The van der Waals surface area contributed by atoms with Crippen LogP contribution in [0.2, 0.25) is 0 Å². The lowest BCUT2D eigenvalue weighted by Crippen LogP contribution is -2.35. The van der Waals surface area contributed by atoms with Gasteiger partial charge in [0.1, 0.15) is 5.39 Å². The Kier molecular flexibility index (Phi) is 4.34. The number of fused-ring (bicyclic) bond motifs is 1. The van der Waals surface area contributed by atoms with Gasteiger partial charge in [0.05, 0.1) is 5.56 Å². The maximum Gasteiger partial charge on any atom is 0.269 e. The van der Waals surface area contributed by atoms with Crippen LogP contribution in [0.1, 0.15) is 37.6 Å². The highest BCUT2D eigenvalue weighted by atomic mass is 16.5. The van der Waals surface area contributed by atoms with Gasteiger partial charge in [-0.1, -0.05) is 39.0 Å². The number of aryl methyl sites for hydroxylation is 2. The van der Waals surface area contributed by atoms with E-state index in [0.717, 1.165) is 16.7 Å². The predicted octanol–water partition coefficient (Wildman–Crippen LogP) is 5.12. The molecule has 0 unspecified atom stereocenters. The summed E-state index contributed by atoms with van der Waals surface area (Å²) in [6.07, 6.45) is 2.14. The number of benzene rings is 2. The number of hydrogen-bond donors (Lipinski definition) is 0. The van der Waals surface area contributed by atoms with Crippen molar-refractivity contribution in [2.75, 3.05) is 0 Å². The lowest BCUT2D eigenvalue weighted by molar-refractivity contribution is -0.832. The van der Waals surface area contributed by atoms with Gasteiger partial charge in [-0.3, -0.25) is 0 Å². The summed E-state index contributed by atoms with van der Waals surface area (Å²) in [6.45, 7) is 11.2. The van der Waals surface area contributed by atoms with Crippen LogP contribution in [0.3, 0.4) is 0 Å². The zero-order valence-electron chi connectivity index (χ0n) is 17.6. The van der Waals surface area contributed by atoms with E-state index in [4.69, 9.17) is 4.52 Å². The summed E-state index contributed by atoms with van der Waals surface area (Å²) < 4.78 is 10.2. The Hall–Kier alpha value is -2.94. The van der Waals surface area contributed by atoms with Crippen molar-refractivity contribution in [3.8, 4) is 16.9 Å². The fraction of sp³-hybridized carbons (Fsp3) is 0.280. The molecule has 4 rings (SSSR count). The largest absolute Gasteiger partial charge is 0.269 e. The summed E-state index contributed by atoms with van der Waals surface area (Å²) in [5.41, 5.74) is 8.26. The van der Waals surface area contributed by atoms with Gasteiger partial charge < -0.3 is 0 Å². The highest BCUT2D eigenvalue weighted by molar-refractivity contribution is 5.91. The van der Waals surface area contributed by atoms with E-state index in [9.17, 15) is 0 Å². The molecular weight excluding hydrogens is 344 g/mol. The molecule has 3 heteroatoms. The summed E-state index contributed by atoms with van der Waals surface area (Å²) >= 11 is 0. The zero-order chi connectivity index (χ0) is 20.1. The van der Waals surface area contributed by atoms with Crippen LogP contribution in [0.15, 0.2) is 65.3 Å². The number of hydrogen-bond acceptors (Lipinski definition) is 1. The second kappa shape index (κ2) is 6.59. The molecule has 3 nitrogen and oxygen atoms in total. The molecule has 2 aromatic carbocycles. The van der Waals surface area contributed by atoms with Crippen LogP contribution in [0.5, 0.6) is 0 Å². The van der Waals surface area contributed by atoms with E-state index in [1.807, 2.05) is 23.9 Å². The Labute approximate surface area is 166 Å². The second-order valence-corrected chi connectivity index (χ2v) is 8.56. The minimum atomic E-state index is 0.0402. The van der Waals surface area contributed by atoms with Gasteiger partial charge in [-0.2, -0.15) is 4.57 Å². The standard InChI is InChI=1S/C25H28N2O/c1-17-11-9-10-14-27(17)22-16-19(25(3,4)5)15-21(18(22)2)24-20-12-7-8-13-23(20)28-26(24)6/h7-16H,1-6H3/q+2. The molecule has 0 saturated heterocycles. The SMILES string of the molecule is Cc1c(-c2c3ccccc3o[n+]2C)cc(C(C)(C)C)cc1-[n+]1ccccc1C. The van der Waals surface area contributed by atoms with Crippen molar-refractivity contribution < 1.29 is 13.8 Å². The number of rotatable bonds is 2. The molecule has 0 aliphatic carbocycles. The summed E-state index contributed by atoms with van der Waals surface area (Å²) in [6, 6.07) is 19.2. The third-order valence-electron chi connectivity index (χ3n) is 5.52. The van der Waals surface area contributed by atoms with E-state index in [2.05, 4.69) is 87.8 Å². The Morgan fingerprint density at radius 2 is 1.61 bits per heavy atom. The van der Waals surface area contributed by atoms with Crippen molar-refractivity contribution >= 4 is 11.0 Å². The minimum absolute atomic E-state index is 0.0402. The molecule has 28 heavy (non-hydrogen) atoms. The fourth-order valence-corrected chi connectivity index (χ4v) is 3.85. The van der Waals surface area contributed by atoms with Gasteiger partial charge in [-0.25, -0.2) is 4.52 Å². The van der Waals surface area contributed by atoms with Crippen LogP contribution in [0.4, 0.5) is 0 Å². The Morgan fingerprint density at radius 1 is 0.893 bits per heavy atom. The molecule has 2 heterocycles. The van der Waals surface area contributed by atoms with Gasteiger partial charge >= 0.3 is 0 Å². The lowest BCUT2D eigenvalue weighted by atomic mass is 9.83. The Morgan fingerprint density at radius 3 is 2.32 bits per heavy atom. The maximum atomic E-state index is 6.01. The van der Waals surface area contributed by atoms with Crippen molar-refractivity contribution in [2.24, 2.45) is 7.05 Å². The van der Waals surface area contributed by atoms with Gasteiger partial charge in [-0.05, 0) is 40.8 Å². The molecule has 0 N–H and O–H groups in total. The fourth-order valence-electron chi connectivity index (χ4n) is 3.85. The second-order valence-electron chi connectivity index (χ2n) is 8.56. The van der Waals surface area contributed by atoms with Crippen LogP contribution in [-0.4, -0.2) is 0 Å². The summed E-state index contributed by atoms with van der Waals surface area (Å²) in [4.78, 5) is 0. The molecule has 4 aromatic rings. The van der Waals surface area contributed by atoms with Crippen LogP contribution < -0.4 is 9.31 Å². The van der Waals surface area contributed by atoms with Crippen molar-refractivity contribution in [2.45, 2.75) is 40.0 Å². The highest BCUT2D eigenvalue weighted by Gasteiger charge is 2.29. The maximum absolute atomic E-state index is 6.01. The van der Waals surface area contributed by atoms with E-state index in [1.54, 1.807) is 0 Å². The van der Waals surface area contributed by atoms with Crippen LogP contribution >= 0.6 is 0 Å². The molecule has 0 atom stereocenters. The normalized spacial score (nSPS) is 11.9. The quantitative estimate of drug-likeness (QED) is 0.448. The molecule has 0 radical (unpaired) electrons. The average Bonchev–Trinajstić information content (AvgIpc) is 2.97. The average molecular weight is 373 g/mol. The van der Waals surface area contributed by atoms with Crippen molar-refractivity contribution in [1.82, 2.24) is 0 Å². The molecule has 0 fully saturated rings. The molecule has 0 aliphatic rings. The Balaban J connectivity index is 2.09. The van der Waals surface area contributed by atoms with Crippen LogP contribution in [0, 0.1) is 13.8 Å². The monoisotopic (exact) mass is 372 g/mol. The smallest absolute Gasteiger partial charge is 0.236 e. The molecule has 0 spiro atoms. The number of aromatic nitrogens is 2. The molecule has 0 aliphatic heterocycles. The molecular formula is C25H28N2O+2. The van der Waals surface area contributed by atoms with Crippen LogP contribution in [0.25, 0.3) is 27.9 Å². The molecule has 142 valence electrons.